The summed E-state index contributed by atoms with van der Waals surface area (Å²) in [7, 11) is 0. The number of hydrogen-bond donors (Lipinski definition) is 1. The van der Waals surface area contributed by atoms with E-state index < -0.39 is 6.09 Å². The fraction of sp³-hybridized carbons (Fsp3) is 0.435. The Bertz CT molecular complexity index is 752. The molecule has 2 aromatic rings. The number of benzene rings is 2. The second-order valence-corrected chi connectivity index (χ2v) is 7.60. The average Bonchev–Trinajstić information content (AvgIpc) is 2.65. The topological polar surface area (TPSA) is 73.6 Å². The molecule has 2 N–H and O–H groups in total. The summed E-state index contributed by atoms with van der Waals surface area (Å²) in [5.74, 6) is 0.369. The van der Waals surface area contributed by atoms with Gasteiger partial charge in [0, 0.05) is 23.6 Å². The lowest BCUT2D eigenvalue weighted by molar-refractivity contribution is 0.170. The van der Waals surface area contributed by atoms with Gasteiger partial charge in [0.15, 0.2) is 0 Å². The van der Waals surface area contributed by atoms with Crippen LogP contribution in [-0.2, 0) is 6.61 Å². The normalized spacial score (nSPS) is 12.6. The first kappa shape index (κ1) is 21.9. The summed E-state index contributed by atoms with van der Waals surface area (Å²) in [4.78, 5) is 13.7. The standard InChI is InChI=1S/C23H31N2O3/c1-16(2)25(17(3)4)13-12-20(19-8-6-5-7-9-19)21-14-18(15-26)10-11-22(21)28-23(24)27/h5-11,14,16-17,20,24,26H,12-13,15H2,1-4H3. The fourth-order valence-electron chi connectivity index (χ4n) is 3.74. The van der Waals surface area contributed by atoms with Gasteiger partial charge in [0.2, 0.25) is 0 Å². The van der Waals surface area contributed by atoms with Crippen molar-refractivity contribution < 1.29 is 14.6 Å². The van der Waals surface area contributed by atoms with E-state index in [1.807, 2.05) is 24.3 Å². The van der Waals surface area contributed by atoms with Crippen LogP contribution >= 0.6 is 0 Å². The smallest absolute Gasteiger partial charge is 0.409 e. The molecule has 5 nitrogen and oxygen atoms in total. The molecule has 2 rings (SSSR count). The summed E-state index contributed by atoms with van der Waals surface area (Å²) in [5.41, 5.74) is 9.92. The zero-order chi connectivity index (χ0) is 20.7. The third-order valence-corrected chi connectivity index (χ3v) is 5.04. The van der Waals surface area contributed by atoms with Crippen LogP contribution in [-0.4, -0.2) is 34.7 Å². The Morgan fingerprint density at radius 3 is 2.25 bits per heavy atom. The Kier molecular flexibility index (Phi) is 8.03. The molecule has 2 aromatic carbocycles. The molecule has 1 atom stereocenters. The predicted octanol–water partition coefficient (Wildman–Crippen LogP) is 4.60. The molecule has 0 heterocycles. The van der Waals surface area contributed by atoms with Crippen molar-refractivity contribution >= 4 is 6.09 Å². The molecule has 0 spiro atoms. The molecule has 0 bridgehead atoms. The summed E-state index contributed by atoms with van der Waals surface area (Å²) in [6, 6.07) is 16.2. The molecule has 151 valence electrons. The van der Waals surface area contributed by atoms with E-state index >= 15 is 0 Å². The molecule has 0 aliphatic rings. The van der Waals surface area contributed by atoms with Gasteiger partial charge in [-0.25, -0.2) is 10.5 Å². The van der Waals surface area contributed by atoms with Crippen molar-refractivity contribution in [3.05, 3.63) is 65.2 Å². The Hall–Kier alpha value is -2.37. The molecule has 0 aliphatic carbocycles. The minimum Gasteiger partial charge on any atom is -0.409 e. The molecular formula is C23H31N2O3. The zero-order valence-corrected chi connectivity index (χ0v) is 17.2. The molecule has 1 amide bonds. The molecule has 1 radical (unpaired) electrons. The maximum absolute atomic E-state index is 11.3. The van der Waals surface area contributed by atoms with Crippen molar-refractivity contribution in [3.63, 3.8) is 0 Å². The lowest BCUT2D eigenvalue weighted by Crippen LogP contribution is -2.38. The second kappa shape index (κ2) is 10.2. The number of amides is 1. The number of carbonyl (C=O) groups is 1. The van der Waals surface area contributed by atoms with Gasteiger partial charge in [0.05, 0.1) is 6.61 Å². The zero-order valence-electron chi connectivity index (χ0n) is 17.2. The van der Waals surface area contributed by atoms with Gasteiger partial charge in [-0.3, -0.25) is 4.90 Å². The molecule has 0 aromatic heterocycles. The van der Waals surface area contributed by atoms with E-state index in [-0.39, 0.29) is 12.5 Å². The highest BCUT2D eigenvalue weighted by atomic mass is 16.5. The first-order chi connectivity index (χ1) is 13.3. The monoisotopic (exact) mass is 383 g/mol. The van der Waals surface area contributed by atoms with Crippen molar-refractivity contribution in [2.24, 2.45) is 0 Å². The Balaban J connectivity index is 2.46. The van der Waals surface area contributed by atoms with Crippen LogP contribution in [0.5, 0.6) is 5.75 Å². The number of rotatable bonds is 9. The minimum atomic E-state index is -1.09. The van der Waals surface area contributed by atoms with Gasteiger partial charge in [-0.1, -0.05) is 36.4 Å². The van der Waals surface area contributed by atoms with Gasteiger partial charge < -0.3 is 9.84 Å². The van der Waals surface area contributed by atoms with Crippen LogP contribution in [0, 0.1) is 0 Å². The summed E-state index contributed by atoms with van der Waals surface area (Å²) in [6.45, 7) is 9.56. The van der Waals surface area contributed by atoms with E-state index in [4.69, 9.17) is 10.5 Å². The Morgan fingerprint density at radius 2 is 1.71 bits per heavy atom. The van der Waals surface area contributed by atoms with Crippen molar-refractivity contribution in [1.29, 1.82) is 0 Å². The number of ether oxygens (including phenoxy) is 1. The maximum Gasteiger partial charge on any atom is 0.431 e. The number of aliphatic hydroxyl groups excluding tert-OH is 1. The Labute approximate surface area is 168 Å². The third-order valence-electron chi connectivity index (χ3n) is 5.04. The maximum atomic E-state index is 11.3. The van der Waals surface area contributed by atoms with Gasteiger partial charge in [0.1, 0.15) is 5.75 Å². The third kappa shape index (κ3) is 5.81. The van der Waals surface area contributed by atoms with Gasteiger partial charge >= 0.3 is 6.09 Å². The first-order valence-electron chi connectivity index (χ1n) is 9.81. The predicted molar refractivity (Wildman–Crippen MR) is 111 cm³/mol. The molecule has 0 fully saturated rings. The summed E-state index contributed by atoms with van der Waals surface area (Å²) >= 11 is 0. The molecular weight excluding hydrogens is 352 g/mol. The van der Waals surface area contributed by atoms with Crippen LogP contribution in [0.15, 0.2) is 48.5 Å². The average molecular weight is 384 g/mol. The molecule has 0 saturated heterocycles. The number of carbonyl (C=O) groups excluding carboxylic acids is 1. The van der Waals surface area contributed by atoms with Crippen LogP contribution in [0.25, 0.3) is 0 Å². The summed E-state index contributed by atoms with van der Waals surface area (Å²) < 4.78 is 5.18. The van der Waals surface area contributed by atoms with E-state index in [0.717, 1.165) is 29.7 Å². The second-order valence-electron chi connectivity index (χ2n) is 7.60. The highest BCUT2D eigenvalue weighted by molar-refractivity contribution is 5.68. The van der Waals surface area contributed by atoms with Gasteiger partial charge in [0.25, 0.3) is 0 Å². The number of aliphatic hydroxyl groups is 1. The largest absolute Gasteiger partial charge is 0.431 e. The van der Waals surface area contributed by atoms with Crippen molar-refractivity contribution in [2.75, 3.05) is 6.54 Å². The van der Waals surface area contributed by atoms with E-state index in [1.165, 1.54) is 0 Å². The first-order valence-corrected chi connectivity index (χ1v) is 9.81. The quantitative estimate of drug-likeness (QED) is 0.687. The van der Waals surface area contributed by atoms with Crippen LogP contribution < -0.4 is 10.5 Å². The van der Waals surface area contributed by atoms with Crippen molar-refractivity contribution in [2.45, 2.75) is 58.7 Å². The van der Waals surface area contributed by atoms with Crippen molar-refractivity contribution in [1.82, 2.24) is 10.6 Å². The number of nitrogens with zero attached hydrogens (tertiary/aromatic N) is 1. The molecule has 0 saturated carbocycles. The highest BCUT2D eigenvalue weighted by Gasteiger charge is 2.23. The lowest BCUT2D eigenvalue weighted by Gasteiger charge is -2.32. The Morgan fingerprint density at radius 1 is 1.07 bits per heavy atom. The summed E-state index contributed by atoms with van der Waals surface area (Å²) in [5, 5.41) is 9.60. The van der Waals surface area contributed by atoms with E-state index in [0.29, 0.717) is 17.8 Å². The van der Waals surface area contributed by atoms with Crippen LogP contribution in [0.3, 0.4) is 0 Å². The number of nitrogens with one attached hydrogen (secondary N) is 1. The molecule has 28 heavy (non-hydrogen) atoms. The molecule has 0 aliphatic heterocycles. The van der Waals surface area contributed by atoms with Crippen LogP contribution in [0.2, 0.25) is 0 Å². The van der Waals surface area contributed by atoms with Crippen LogP contribution in [0.4, 0.5) is 4.79 Å². The van der Waals surface area contributed by atoms with Gasteiger partial charge in [-0.2, -0.15) is 0 Å². The SMILES string of the molecule is CC(C)N(CCC(c1ccccc1)c1cc(CO)ccc1OC([NH])=O)C(C)C. The molecule has 1 unspecified atom stereocenters. The fourth-order valence-corrected chi connectivity index (χ4v) is 3.74. The molecule has 5 heteroatoms. The van der Waals surface area contributed by atoms with Crippen molar-refractivity contribution in [3.8, 4) is 5.75 Å². The van der Waals surface area contributed by atoms with E-state index in [9.17, 15) is 9.90 Å². The highest BCUT2D eigenvalue weighted by Crippen LogP contribution is 2.36. The van der Waals surface area contributed by atoms with Gasteiger partial charge in [-0.05, 0) is 63.9 Å². The number of hydrogen-bond acceptors (Lipinski definition) is 4. The lowest BCUT2D eigenvalue weighted by atomic mass is 9.86. The minimum absolute atomic E-state index is 0.0120. The van der Waals surface area contributed by atoms with E-state index in [1.54, 1.807) is 12.1 Å². The summed E-state index contributed by atoms with van der Waals surface area (Å²) in [6.07, 6.45) is -0.256. The van der Waals surface area contributed by atoms with Gasteiger partial charge in [-0.15, -0.1) is 0 Å². The van der Waals surface area contributed by atoms with E-state index in [2.05, 4.69) is 44.7 Å². The van der Waals surface area contributed by atoms with Crippen LogP contribution in [0.1, 0.15) is 56.7 Å².